The second kappa shape index (κ2) is 9.10. The van der Waals surface area contributed by atoms with Crippen LogP contribution >= 0.6 is 0 Å². The Bertz CT molecular complexity index is 336. The number of aryl methyl sites for hydroxylation is 1. The van der Waals surface area contributed by atoms with E-state index in [-0.39, 0.29) is 0 Å². The molecule has 0 amide bonds. The van der Waals surface area contributed by atoms with Crippen LogP contribution in [0.2, 0.25) is 0 Å². The van der Waals surface area contributed by atoms with Crippen molar-refractivity contribution in [2.24, 2.45) is 11.8 Å². The van der Waals surface area contributed by atoms with E-state index >= 15 is 0 Å². The van der Waals surface area contributed by atoms with E-state index in [0.29, 0.717) is 5.92 Å². The molecule has 0 aliphatic carbocycles. The van der Waals surface area contributed by atoms with Crippen LogP contribution in [0.3, 0.4) is 0 Å². The minimum Gasteiger partial charge on any atom is -0.383 e. The van der Waals surface area contributed by atoms with Crippen LogP contribution in [0, 0.1) is 11.8 Å². The summed E-state index contributed by atoms with van der Waals surface area (Å²) in [5.74, 6) is 1.40. The predicted molar refractivity (Wildman–Crippen MR) is 79.3 cm³/mol. The Labute approximate surface area is 117 Å². The standard InChI is InChI=1S/C15H29N3O/c1-5-18-12-15(11-17-18)9-14(8-13(2)3)10-16-6-7-19-4/h11-14,16H,5-10H2,1-4H3. The van der Waals surface area contributed by atoms with E-state index in [0.717, 1.165) is 38.6 Å². The molecule has 1 heterocycles. The molecular weight excluding hydrogens is 238 g/mol. The van der Waals surface area contributed by atoms with E-state index < -0.39 is 0 Å². The average molecular weight is 267 g/mol. The van der Waals surface area contributed by atoms with Crippen LogP contribution in [0.1, 0.15) is 32.8 Å². The molecule has 1 rings (SSSR count). The second-order valence-electron chi connectivity index (χ2n) is 5.60. The van der Waals surface area contributed by atoms with Gasteiger partial charge >= 0.3 is 0 Å². The number of rotatable bonds is 10. The molecule has 0 aromatic carbocycles. The van der Waals surface area contributed by atoms with E-state index in [2.05, 4.69) is 37.4 Å². The summed E-state index contributed by atoms with van der Waals surface area (Å²) in [4.78, 5) is 0. The lowest BCUT2D eigenvalue weighted by atomic mass is 9.92. The summed E-state index contributed by atoms with van der Waals surface area (Å²) in [5.41, 5.74) is 1.35. The van der Waals surface area contributed by atoms with Gasteiger partial charge in [-0.15, -0.1) is 0 Å². The fourth-order valence-corrected chi connectivity index (χ4v) is 2.40. The van der Waals surface area contributed by atoms with Crippen molar-refractivity contribution in [1.29, 1.82) is 0 Å². The van der Waals surface area contributed by atoms with Gasteiger partial charge in [-0.25, -0.2) is 0 Å². The third kappa shape index (κ3) is 6.73. The third-order valence-electron chi connectivity index (χ3n) is 3.26. The molecule has 0 radical (unpaired) electrons. The van der Waals surface area contributed by atoms with Crippen molar-refractivity contribution in [2.75, 3.05) is 26.8 Å². The first-order valence-corrected chi connectivity index (χ1v) is 7.36. The number of methoxy groups -OCH3 is 1. The number of ether oxygens (including phenoxy) is 1. The molecule has 0 aliphatic heterocycles. The van der Waals surface area contributed by atoms with Crippen LogP contribution in [0.5, 0.6) is 0 Å². The van der Waals surface area contributed by atoms with Gasteiger partial charge in [0.05, 0.1) is 12.8 Å². The van der Waals surface area contributed by atoms with Crippen LogP contribution in [0.15, 0.2) is 12.4 Å². The highest BCUT2D eigenvalue weighted by atomic mass is 16.5. The molecule has 1 aromatic rings. The number of nitrogens with one attached hydrogen (secondary N) is 1. The Hall–Kier alpha value is -0.870. The van der Waals surface area contributed by atoms with Crippen molar-refractivity contribution in [3.05, 3.63) is 18.0 Å². The maximum atomic E-state index is 5.07. The molecule has 1 aromatic heterocycles. The highest BCUT2D eigenvalue weighted by Crippen LogP contribution is 2.16. The zero-order valence-corrected chi connectivity index (χ0v) is 12.9. The fourth-order valence-electron chi connectivity index (χ4n) is 2.40. The van der Waals surface area contributed by atoms with Crippen LogP contribution < -0.4 is 5.32 Å². The van der Waals surface area contributed by atoms with E-state index in [9.17, 15) is 0 Å². The van der Waals surface area contributed by atoms with Gasteiger partial charge in [-0.3, -0.25) is 4.68 Å². The SMILES string of the molecule is CCn1cc(CC(CNCCOC)CC(C)C)cn1. The summed E-state index contributed by atoms with van der Waals surface area (Å²) in [6.45, 7) is 10.4. The first-order chi connectivity index (χ1) is 9.15. The molecule has 1 atom stereocenters. The average Bonchev–Trinajstić information content (AvgIpc) is 2.81. The lowest BCUT2D eigenvalue weighted by Gasteiger charge is -2.19. The minimum atomic E-state index is 0.673. The van der Waals surface area contributed by atoms with Crippen molar-refractivity contribution in [2.45, 2.75) is 40.2 Å². The van der Waals surface area contributed by atoms with Gasteiger partial charge in [-0.2, -0.15) is 5.10 Å². The topological polar surface area (TPSA) is 39.1 Å². The van der Waals surface area contributed by atoms with Crippen molar-refractivity contribution >= 4 is 0 Å². The highest BCUT2D eigenvalue weighted by Gasteiger charge is 2.12. The summed E-state index contributed by atoms with van der Waals surface area (Å²) in [7, 11) is 1.74. The lowest BCUT2D eigenvalue weighted by molar-refractivity contribution is 0.197. The zero-order chi connectivity index (χ0) is 14.1. The van der Waals surface area contributed by atoms with Gasteiger partial charge in [0.25, 0.3) is 0 Å². The van der Waals surface area contributed by atoms with Crippen molar-refractivity contribution in [1.82, 2.24) is 15.1 Å². The summed E-state index contributed by atoms with van der Waals surface area (Å²) < 4.78 is 7.07. The smallest absolute Gasteiger partial charge is 0.0587 e. The largest absolute Gasteiger partial charge is 0.383 e. The molecule has 0 fully saturated rings. The number of hydrogen-bond donors (Lipinski definition) is 1. The second-order valence-corrected chi connectivity index (χ2v) is 5.60. The Balaban J connectivity index is 2.43. The van der Waals surface area contributed by atoms with E-state index in [4.69, 9.17) is 4.74 Å². The summed E-state index contributed by atoms with van der Waals surface area (Å²) in [6, 6.07) is 0. The van der Waals surface area contributed by atoms with Gasteiger partial charge in [0.1, 0.15) is 0 Å². The third-order valence-corrected chi connectivity index (χ3v) is 3.26. The first kappa shape index (κ1) is 16.2. The van der Waals surface area contributed by atoms with Crippen LogP contribution in [-0.4, -0.2) is 36.6 Å². The summed E-state index contributed by atoms with van der Waals surface area (Å²) >= 11 is 0. The number of hydrogen-bond acceptors (Lipinski definition) is 3. The molecule has 0 saturated heterocycles. The maximum absolute atomic E-state index is 5.07. The van der Waals surface area contributed by atoms with Crippen LogP contribution in [0.4, 0.5) is 0 Å². The molecule has 0 bridgehead atoms. The van der Waals surface area contributed by atoms with Gasteiger partial charge in [-0.05, 0) is 43.7 Å². The summed E-state index contributed by atoms with van der Waals surface area (Å²) in [5, 5.41) is 7.83. The van der Waals surface area contributed by atoms with Crippen molar-refractivity contribution in [3.63, 3.8) is 0 Å². The highest BCUT2D eigenvalue weighted by molar-refractivity contribution is 5.05. The normalized spacial score (nSPS) is 13.1. The molecule has 4 nitrogen and oxygen atoms in total. The molecular formula is C15H29N3O. The van der Waals surface area contributed by atoms with Gasteiger partial charge < -0.3 is 10.1 Å². The Kier molecular flexibility index (Phi) is 7.75. The van der Waals surface area contributed by atoms with Crippen LogP contribution in [-0.2, 0) is 17.7 Å². The number of nitrogens with zero attached hydrogens (tertiary/aromatic N) is 2. The molecule has 0 spiro atoms. The van der Waals surface area contributed by atoms with Crippen molar-refractivity contribution < 1.29 is 4.74 Å². The fraction of sp³-hybridized carbons (Fsp3) is 0.800. The van der Waals surface area contributed by atoms with Crippen LogP contribution in [0.25, 0.3) is 0 Å². The molecule has 19 heavy (non-hydrogen) atoms. The Morgan fingerprint density at radius 2 is 2.21 bits per heavy atom. The maximum Gasteiger partial charge on any atom is 0.0587 e. The number of aromatic nitrogens is 2. The first-order valence-electron chi connectivity index (χ1n) is 7.36. The molecule has 1 unspecified atom stereocenters. The lowest BCUT2D eigenvalue weighted by Crippen LogP contribution is -2.28. The molecule has 0 aliphatic rings. The van der Waals surface area contributed by atoms with Gasteiger partial charge in [0, 0.05) is 26.4 Å². The van der Waals surface area contributed by atoms with Gasteiger partial charge in [-0.1, -0.05) is 13.8 Å². The van der Waals surface area contributed by atoms with Gasteiger partial charge in [0.2, 0.25) is 0 Å². The van der Waals surface area contributed by atoms with E-state index in [1.165, 1.54) is 12.0 Å². The van der Waals surface area contributed by atoms with E-state index in [1.807, 2.05) is 10.9 Å². The molecule has 0 saturated carbocycles. The van der Waals surface area contributed by atoms with E-state index in [1.54, 1.807) is 7.11 Å². The monoisotopic (exact) mass is 267 g/mol. The summed E-state index contributed by atoms with van der Waals surface area (Å²) in [6.07, 6.45) is 6.53. The Morgan fingerprint density at radius 1 is 1.42 bits per heavy atom. The quantitative estimate of drug-likeness (QED) is 0.661. The molecule has 1 N–H and O–H groups in total. The predicted octanol–water partition coefficient (Wildman–Crippen LogP) is 2.34. The zero-order valence-electron chi connectivity index (χ0n) is 12.9. The molecule has 4 heteroatoms. The van der Waals surface area contributed by atoms with Gasteiger partial charge in [0.15, 0.2) is 0 Å². The Morgan fingerprint density at radius 3 is 2.79 bits per heavy atom. The van der Waals surface area contributed by atoms with Crippen molar-refractivity contribution in [3.8, 4) is 0 Å². The molecule has 110 valence electrons. The minimum absolute atomic E-state index is 0.673.